The molecule has 0 N–H and O–H groups in total. The van der Waals surface area contributed by atoms with Crippen molar-refractivity contribution < 1.29 is 0 Å². The third-order valence-electron chi connectivity index (χ3n) is 14.8. The molecule has 0 radical (unpaired) electrons. The standard InChI is InChI=1S/C68H37N9/c69-38-42-7-5-9-49(31-42)61-37-60(73-68(74-61)50-10-6-8-43(32-50)39-70)48-19-17-46(18-20-48)47-21-23-51(24-22-47)75-66-29-25-52(76-62-13-3-1-11-54(62)56-33-44(40-71)15-27-64(56)76)35-58(66)59-36-53(26-30-67(59)75)77-63-14-4-2-12-55(63)57-34-45(41-72)16-28-65(57)77/h1-37H. The molecular weight excluding hydrogens is 943 g/mol. The van der Waals surface area contributed by atoms with Crippen molar-refractivity contribution in [2.45, 2.75) is 0 Å². The number of hydrogen-bond acceptors (Lipinski definition) is 6. The molecule has 14 aromatic rings. The molecule has 0 atom stereocenters. The molecule has 0 aliphatic carbocycles. The molecule has 0 aliphatic rings. The molecule has 0 unspecified atom stereocenters. The number of benzene rings is 10. The number of nitrogens with zero attached hydrogens (tertiary/aromatic N) is 9. The van der Waals surface area contributed by atoms with Crippen molar-refractivity contribution in [2.75, 3.05) is 0 Å². The first-order valence-electron chi connectivity index (χ1n) is 25.0. The molecule has 354 valence electrons. The summed E-state index contributed by atoms with van der Waals surface area (Å²) in [7, 11) is 0. The highest BCUT2D eigenvalue weighted by Gasteiger charge is 2.20. The summed E-state index contributed by atoms with van der Waals surface area (Å²) in [5.41, 5.74) is 17.5. The molecule has 4 heterocycles. The lowest BCUT2D eigenvalue weighted by Crippen LogP contribution is -1.97. The van der Waals surface area contributed by atoms with Crippen LogP contribution >= 0.6 is 0 Å². The zero-order valence-electron chi connectivity index (χ0n) is 40.9. The maximum atomic E-state index is 9.87. The van der Waals surface area contributed by atoms with Crippen LogP contribution in [-0.4, -0.2) is 23.7 Å². The van der Waals surface area contributed by atoms with Crippen molar-refractivity contribution in [2.24, 2.45) is 0 Å². The highest BCUT2D eigenvalue weighted by Crippen LogP contribution is 2.41. The highest BCUT2D eigenvalue weighted by molar-refractivity contribution is 6.14. The molecule has 0 spiro atoms. The smallest absolute Gasteiger partial charge is 0.160 e. The molecule has 0 bridgehead atoms. The van der Waals surface area contributed by atoms with Gasteiger partial charge in [-0.15, -0.1) is 0 Å². The number of fused-ring (bicyclic) bond motifs is 9. The molecule has 14 rings (SSSR count). The Balaban J connectivity index is 0.891. The van der Waals surface area contributed by atoms with Crippen molar-refractivity contribution in [1.82, 2.24) is 23.7 Å². The molecule has 0 saturated carbocycles. The molecule has 0 amide bonds. The van der Waals surface area contributed by atoms with Gasteiger partial charge >= 0.3 is 0 Å². The SMILES string of the molecule is N#Cc1cccc(-c2cc(-c3ccc(-c4ccc(-n5c6ccc(-n7c8ccccc8c8cc(C#N)ccc87)cc6c6cc(-n7c8ccccc8c8cc(C#N)ccc87)ccc65)cc4)cc3)nc(-c3cccc(C#N)c3)n2)c1. The van der Waals surface area contributed by atoms with Gasteiger partial charge in [0.1, 0.15) is 0 Å². The van der Waals surface area contributed by atoms with E-state index in [-0.39, 0.29) is 0 Å². The van der Waals surface area contributed by atoms with Crippen LogP contribution in [0.5, 0.6) is 0 Å². The number of nitriles is 4. The van der Waals surface area contributed by atoms with E-state index < -0.39 is 0 Å². The van der Waals surface area contributed by atoms with Crippen LogP contribution in [-0.2, 0) is 0 Å². The lowest BCUT2D eigenvalue weighted by Gasteiger charge is -2.12. The summed E-state index contributed by atoms with van der Waals surface area (Å²) in [6.07, 6.45) is 0. The summed E-state index contributed by atoms with van der Waals surface area (Å²) in [6, 6.07) is 84.7. The average Bonchev–Trinajstić information content (AvgIpc) is 4.15. The summed E-state index contributed by atoms with van der Waals surface area (Å²) < 4.78 is 6.93. The van der Waals surface area contributed by atoms with Gasteiger partial charge in [-0.3, -0.25) is 0 Å². The summed E-state index contributed by atoms with van der Waals surface area (Å²) in [4.78, 5) is 9.92. The van der Waals surface area contributed by atoms with Gasteiger partial charge in [0.25, 0.3) is 0 Å². The number of rotatable bonds is 7. The fourth-order valence-corrected chi connectivity index (χ4v) is 11.2. The Labute approximate surface area is 441 Å². The van der Waals surface area contributed by atoms with E-state index in [4.69, 9.17) is 9.97 Å². The van der Waals surface area contributed by atoms with E-state index in [0.717, 1.165) is 110 Å². The predicted octanol–water partition coefficient (Wildman–Crippen LogP) is 15.9. The molecule has 0 saturated heterocycles. The second-order valence-electron chi connectivity index (χ2n) is 19.1. The van der Waals surface area contributed by atoms with E-state index in [2.05, 4.69) is 159 Å². The molecule has 9 heteroatoms. The van der Waals surface area contributed by atoms with Crippen LogP contribution in [0.1, 0.15) is 22.3 Å². The summed E-state index contributed by atoms with van der Waals surface area (Å²) in [6.45, 7) is 0. The van der Waals surface area contributed by atoms with Crippen molar-refractivity contribution in [3.05, 3.63) is 247 Å². The van der Waals surface area contributed by atoms with Gasteiger partial charge in [0.05, 0.1) is 91.0 Å². The maximum absolute atomic E-state index is 9.87. The van der Waals surface area contributed by atoms with Gasteiger partial charge in [-0.1, -0.05) is 97.1 Å². The van der Waals surface area contributed by atoms with Gasteiger partial charge in [0.15, 0.2) is 5.82 Å². The Morgan fingerprint density at radius 2 is 0.636 bits per heavy atom. The van der Waals surface area contributed by atoms with E-state index in [1.165, 1.54) is 0 Å². The maximum Gasteiger partial charge on any atom is 0.160 e. The van der Waals surface area contributed by atoms with E-state index >= 15 is 0 Å². The fraction of sp³-hybridized carbons (Fsp3) is 0. The van der Waals surface area contributed by atoms with Gasteiger partial charge < -0.3 is 13.7 Å². The molecule has 9 nitrogen and oxygen atoms in total. The van der Waals surface area contributed by atoms with Crippen LogP contribution in [0.25, 0.3) is 128 Å². The quantitative estimate of drug-likeness (QED) is 0.156. The van der Waals surface area contributed by atoms with Gasteiger partial charge in [0, 0.05) is 66.1 Å². The second-order valence-corrected chi connectivity index (χ2v) is 19.1. The topological polar surface area (TPSA) is 136 Å². The molecule has 0 aliphatic heterocycles. The fourth-order valence-electron chi connectivity index (χ4n) is 11.2. The minimum atomic E-state index is 0.484. The lowest BCUT2D eigenvalue weighted by molar-refractivity contribution is 1.16. The Morgan fingerprint density at radius 3 is 1.16 bits per heavy atom. The van der Waals surface area contributed by atoms with Crippen molar-refractivity contribution in [3.63, 3.8) is 0 Å². The van der Waals surface area contributed by atoms with E-state index in [9.17, 15) is 21.0 Å². The van der Waals surface area contributed by atoms with Crippen molar-refractivity contribution in [3.8, 4) is 86.4 Å². The number of hydrogen-bond donors (Lipinski definition) is 0. The zero-order chi connectivity index (χ0) is 51.7. The van der Waals surface area contributed by atoms with Crippen LogP contribution in [0.4, 0.5) is 0 Å². The number of aromatic nitrogens is 5. The van der Waals surface area contributed by atoms with Gasteiger partial charge in [-0.05, 0) is 139 Å². The Kier molecular flexibility index (Phi) is 10.2. The van der Waals surface area contributed by atoms with Crippen LogP contribution in [0, 0.1) is 45.3 Å². The Hall–Kier alpha value is -11.4. The van der Waals surface area contributed by atoms with Gasteiger partial charge in [-0.2, -0.15) is 21.0 Å². The van der Waals surface area contributed by atoms with E-state index in [1.807, 2.05) is 84.9 Å². The summed E-state index contributed by atoms with van der Waals surface area (Å²) in [5.74, 6) is 0.484. The van der Waals surface area contributed by atoms with Crippen molar-refractivity contribution >= 4 is 65.4 Å². The van der Waals surface area contributed by atoms with E-state index in [0.29, 0.717) is 39.5 Å². The van der Waals surface area contributed by atoms with Crippen LogP contribution in [0.3, 0.4) is 0 Å². The monoisotopic (exact) mass is 979 g/mol. The molecule has 77 heavy (non-hydrogen) atoms. The zero-order valence-corrected chi connectivity index (χ0v) is 40.9. The molecule has 4 aromatic heterocycles. The minimum absolute atomic E-state index is 0.484. The third-order valence-corrected chi connectivity index (χ3v) is 14.8. The first-order chi connectivity index (χ1) is 37.9. The highest BCUT2D eigenvalue weighted by atomic mass is 15.0. The van der Waals surface area contributed by atoms with Crippen LogP contribution in [0.2, 0.25) is 0 Å². The molecule has 0 fully saturated rings. The van der Waals surface area contributed by atoms with Crippen molar-refractivity contribution in [1.29, 1.82) is 21.0 Å². The van der Waals surface area contributed by atoms with E-state index in [1.54, 1.807) is 18.2 Å². The number of para-hydroxylation sites is 2. The van der Waals surface area contributed by atoms with Crippen LogP contribution < -0.4 is 0 Å². The van der Waals surface area contributed by atoms with Gasteiger partial charge in [-0.25, -0.2) is 9.97 Å². The van der Waals surface area contributed by atoms with Gasteiger partial charge in [0.2, 0.25) is 0 Å². The normalized spacial score (nSPS) is 11.3. The average molecular weight is 980 g/mol. The minimum Gasteiger partial charge on any atom is -0.309 e. The summed E-state index contributed by atoms with van der Waals surface area (Å²) in [5, 5.41) is 45.5. The summed E-state index contributed by atoms with van der Waals surface area (Å²) >= 11 is 0. The first kappa shape index (κ1) is 44.3. The molecule has 10 aromatic carbocycles. The Bertz CT molecular complexity index is 4700. The second kappa shape index (κ2) is 17.7. The first-order valence-corrected chi connectivity index (χ1v) is 25.0. The lowest BCUT2D eigenvalue weighted by atomic mass is 10.0. The molecular formula is C68H37N9. The largest absolute Gasteiger partial charge is 0.309 e. The third kappa shape index (κ3) is 7.28. The predicted molar refractivity (Wildman–Crippen MR) is 306 cm³/mol. The van der Waals surface area contributed by atoms with Crippen LogP contribution in [0.15, 0.2) is 224 Å². The Morgan fingerprint density at radius 1 is 0.260 bits per heavy atom.